The first kappa shape index (κ1) is 24.0. The first-order chi connectivity index (χ1) is 18.0. The van der Waals surface area contributed by atoms with E-state index in [0.29, 0.717) is 30.1 Å². The number of fused-ring (bicyclic) bond motifs is 2. The molecule has 4 unspecified atom stereocenters. The maximum Gasteiger partial charge on any atom is 0.178 e. The molecule has 8 nitrogen and oxygen atoms in total. The minimum absolute atomic E-state index is 0.0230. The van der Waals surface area contributed by atoms with E-state index in [-0.39, 0.29) is 11.9 Å². The van der Waals surface area contributed by atoms with Crippen LogP contribution in [0.1, 0.15) is 42.6 Å². The van der Waals surface area contributed by atoms with Gasteiger partial charge in [0, 0.05) is 30.5 Å². The van der Waals surface area contributed by atoms with Gasteiger partial charge in [0.2, 0.25) is 0 Å². The van der Waals surface area contributed by atoms with E-state index in [1.54, 1.807) is 24.5 Å². The third-order valence-corrected chi connectivity index (χ3v) is 7.61. The lowest BCUT2D eigenvalue weighted by Gasteiger charge is -2.33. The largest absolute Gasteiger partial charge is 0.491 e. The molecule has 2 aliphatic rings. The normalized spacial score (nSPS) is 23.5. The first-order valence-electron chi connectivity index (χ1n) is 12.9. The molecule has 37 heavy (non-hydrogen) atoms. The molecule has 9 heteroatoms. The van der Waals surface area contributed by atoms with Crippen LogP contribution < -0.4 is 15.6 Å². The number of halogens is 1. The zero-order valence-electron chi connectivity index (χ0n) is 21.1. The van der Waals surface area contributed by atoms with E-state index in [9.17, 15) is 4.39 Å². The van der Waals surface area contributed by atoms with Gasteiger partial charge in [-0.05, 0) is 80.6 Å². The number of ether oxygens (including phenoxy) is 1. The van der Waals surface area contributed by atoms with Crippen molar-refractivity contribution >= 4 is 11.2 Å². The summed E-state index contributed by atoms with van der Waals surface area (Å²) in [5.74, 6) is 2.18. The van der Waals surface area contributed by atoms with Gasteiger partial charge < -0.3 is 14.6 Å². The van der Waals surface area contributed by atoms with Gasteiger partial charge in [-0.15, -0.1) is 0 Å². The number of likely N-dealkylation sites (N-methyl/N-ethyl adjacent to an activating group) is 1. The van der Waals surface area contributed by atoms with Crippen LogP contribution in [0.5, 0.6) is 5.75 Å². The molecule has 0 amide bonds. The van der Waals surface area contributed by atoms with Crippen LogP contribution in [-0.2, 0) is 0 Å². The second-order valence-corrected chi connectivity index (χ2v) is 10.3. The second-order valence-electron chi connectivity index (χ2n) is 10.3. The summed E-state index contributed by atoms with van der Waals surface area (Å²) in [6, 6.07) is 11.1. The number of H-pyrrole nitrogens is 1. The maximum atomic E-state index is 13.9. The van der Waals surface area contributed by atoms with E-state index in [2.05, 4.69) is 36.8 Å². The molecule has 0 spiro atoms. The highest BCUT2D eigenvalue weighted by Crippen LogP contribution is 2.44. The molecular formula is C28H32FN7O. The Balaban J connectivity index is 1.23. The molecule has 1 aliphatic carbocycles. The van der Waals surface area contributed by atoms with Crippen molar-refractivity contribution < 1.29 is 9.13 Å². The van der Waals surface area contributed by atoms with E-state index in [1.807, 2.05) is 32.4 Å². The molecular weight excluding hydrogens is 469 g/mol. The summed E-state index contributed by atoms with van der Waals surface area (Å²) in [7, 11) is 4.08. The molecule has 1 saturated carbocycles. The summed E-state index contributed by atoms with van der Waals surface area (Å²) >= 11 is 0. The Morgan fingerprint density at radius 2 is 2.03 bits per heavy atom. The minimum atomic E-state index is -0.262. The monoisotopic (exact) mass is 501 g/mol. The maximum absolute atomic E-state index is 13.9. The van der Waals surface area contributed by atoms with Crippen LogP contribution in [0.25, 0.3) is 22.3 Å². The van der Waals surface area contributed by atoms with Gasteiger partial charge in [-0.25, -0.2) is 19.8 Å². The Morgan fingerprint density at radius 1 is 1.11 bits per heavy atom. The number of hydrazine groups is 1. The van der Waals surface area contributed by atoms with Gasteiger partial charge >= 0.3 is 0 Å². The highest BCUT2D eigenvalue weighted by molar-refractivity contribution is 5.89. The van der Waals surface area contributed by atoms with Crippen molar-refractivity contribution in [2.24, 2.45) is 5.92 Å². The Hall–Kier alpha value is -3.40. The number of rotatable bonds is 7. The topological polar surface area (TPSA) is 91.0 Å². The number of aromatic nitrogens is 4. The predicted molar refractivity (Wildman–Crippen MR) is 140 cm³/mol. The van der Waals surface area contributed by atoms with Crippen molar-refractivity contribution in [3.05, 3.63) is 72.2 Å². The molecule has 0 radical (unpaired) electrons. The number of hydrogen-bond acceptors (Lipinski definition) is 7. The van der Waals surface area contributed by atoms with Crippen LogP contribution in [-0.4, -0.2) is 58.1 Å². The first-order valence-corrected chi connectivity index (χ1v) is 12.9. The number of nitrogens with zero attached hydrogens (tertiary/aromatic N) is 4. The minimum Gasteiger partial charge on any atom is -0.491 e. The Morgan fingerprint density at radius 3 is 2.89 bits per heavy atom. The number of nitrogens with one attached hydrogen (secondary N) is 3. The van der Waals surface area contributed by atoms with Gasteiger partial charge in [-0.2, -0.15) is 0 Å². The molecule has 1 aliphatic heterocycles. The summed E-state index contributed by atoms with van der Waals surface area (Å²) in [6.45, 7) is 1.50. The highest BCUT2D eigenvalue weighted by Gasteiger charge is 2.42. The molecule has 3 N–H and O–H groups in total. The third kappa shape index (κ3) is 4.94. The van der Waals surface area contributed by atoms with Crippen LogP contribution in [0.15, 0.2) is 55.0 Å². The molecule has 6 rings (SSSR count). The fraction of sp³-hybridized carbons (Fsp3) is 0.393. The number of benzene rings is 1. The summed E-state index contributed by atoms with van der Waals surface area (Å²) in [5.41, 5.74) is 11.4. The smallest absolute Gasteiger partial charge is 0.178 e. The summed E-state index contributed by atoms with van der Waals surface area (Å²) < 4.78 is 19.8. The zero-order valence-corrected chi connectivity index (χ0v) is 21.1. The molecule has 1 aromatic carbocycles. The fourth-order valence-electron chi connectivity index (χ4n) is 5.69. The average Bonchev–Trinajstić information content (AvgIpc) is 3.52. The summed E-state index contributed by atoms with van der Waals surface area (Å²) in [6.07, 6.45) is 8.68. The SMILES string of the molecule is CN(C)CCOc1cncc(C2CCC3NNC(c4nc5nccc(-c6cccc(F)c6)c5[nH]4)C3C2)c1. The zero-order chi connectivity index (χ0) is 25.4. The van der Waals surface area contributed by atoms with E-state index >= 15 is 0 Å². The number of aromatic amines is 1. The van der Waals surface area contributed by atoms with Crippen LogP contribution in [0.4, 0.5) is 4.39 Å². The van der Waals surface area contributed by atoms with E-state index in [1.165, 1.54) is 11.6 Å². The van der Waals surface area contributed by atoms with Gasteiger partial charge in [0.05, 0.1) is 17.8 Å². The average molecular weight is 502 g/mol. The quantitative estimate of drug-likeness (QED) is 0.350. The molecule has 2 fully saturated rings. The number of hydrogen-bond donors (Lipinski definition) is 3. The van der Waals surface area contributed by atoms with Gasteiger partial charge in [-0.3, -0.25) is 10.4 Å². The van der Waals surface area contributed by atoms with Crippen LogP contribution in [0, 0.1) is 11.7 Å². The Bertz CT molecular complexity index is 1390. The predicted octanol–water partition coefficient (Wildman–Crippen LogP) is 4.20. The van der Waals surface area contributed by atoms with Gasteiger partial charge in [0.15, 0.2) is 5.65 Å². The van der Waals surface area contributed by atoms with Crippen LogP contribution in [0.3, 0.4) is 0 Å². The Labute approximate surface area is 215 Å². The molecule has 3 aromatic heterocycles. The summed E-state index contributed by atoms with van der Waals surface area (Å²) in [4.78, 5) is 19.4. The molecule has 4 heterocycles. The fourth-order valence-corrected chi connectivity index (χ4v) is 5.69. The van der Waals surface area contributed by atoms with Crippen molar-refractivity contribution in [3.63, 3.8) is 0 Å². The summed E-state index contributed by atoms with van der Waals surface area (Å²) in [5, 5.41) is 0. The van der Waals surface area contributed by atoms with Crippen LogP contribution >= 0.6 is 0 Å². The lowest BCUT2D eigenvalue weighted by molar-refractivity contribution is 0.258. The highest BCUT2D eigenvalue weighted by atomic mass is 19.1. The lowest BCUT2D eigenvalue weighted by atomic mass is 9.73. The third-order valence-electron chi connectivity index (χ3n) is 7.61. The van der Waals surface area contributed by atoms with Crippen molar-refractivity contribution in [2.45, 2.75) is 37.3 Å². The number of pyridine rings is 2. The molecule has 0 bridgehead atoms. The van der Waals surface area contributed by atoms with Gasteiger partial charge in [0.25, 0.3) is 0 Å². The van der Waals surface area contributed by atoms with Crippen molar-refractivity contribution in [1.82, 2.24) is 35.7 Å². The molecule has 4 aromatic rings. The Kier molecular flexibility index (Phi) is 6.58. The van der Waals surface area contributed by atoms with Crippen molar-refractivity contribution in [2.75, 3.05) is 27.2 Å². The second kappa shape index (κ2) is 10.2. The van der Waals surface area contributed by atoms with E-state index in [4.69, 9.17) is 9.72 Å². The standard InChI is InChI=1S/C28H32FN7O/c1-36(2)10-11-37-21-13-19(15-30-16-21)17-6-7-24-23(14-17)26(35-34-24)28-32-25-22(8-9-31-27(25)33-28)18-4-3-5-20(29)12-18/h3-5,8-9,12-13,15-17,23-24,26,34-35H,6-7,10-11,14H2,1-2H3,(H,31,32,33). The van der Waals surface area contributed by atoms with Gasteiger partial charge in [-0.1, -0.05) is 12.1 Å². The molecule has 4 atom stereocenters. The lowest BCUT2D eigenvalue weighted by Crippen LogP contribution is -2.34. The van der Waals surface area contributed by atoms with Crippen LogP contribution in [0.2, 0.25) is 0 Å². The van der Waals surface area contributed by atoms with E-state index in [0.717, 1.165) is 54.0 Å². The van der Waals surface area contributed by atoms with Crippen molar-refractivity contribution in [3.8, 4) is 16.9 Å². The van der Waals surface area contributed by atoms with Gasteiger partial charge in [0.1, 0.15) is 24.0 Å². The van der Waals surface area contributed by atoms with E-state index < -0.39 is 0 Å². The van der Waals surface area contributed by atoms with Crippen molar-refractivity contribution in [1.29, 1.82) is 0 Å². The number of imidazole rings is 1. The molecule has 1 saturated heterocycles. The molecule has 192 valence electrons.